The monoisotopic (exact) mass is 249 g/mol. The standard InChI is InChI=1S/C10H20BrNO/c1-13-7-3-2-5-12-6-4-10(8-11)9-12/h10H,2-9H2,1H3. The summed E-state index contributed by atoms with van der Waals surface area (Å²) in [6.07, 6.45) is 3.85. The maximum atomic E-state index is 5.02. The number of nitrogens with zero attached hydrogens (tertiary/aromatic N) is 1. The molecule has 0 aromatic rings. The second-order valence-corrected chi connectivity index (χ2v) is 4.46. The molecule has 0 spiro atoms. The average Bonchev–Trinajstić information content (AvgIpc) is 2.60. The topological polar surface area (TPSA) is 12.5 Å². The maximum Gasteiger partial charge on any atom is 0.0462 e. The molecule has 1 aliphatic heterocycles. The molecule has 0 N–H and O–H groups in total. The van der Waals surface area contributed by atoms with Crippen molar-refractivity contribution in [2.45, 2.75) is 19.3 Å². The van der Waals surface area contributed by atoms with Gasteiger partial charge in [0.1, 0.15) is 0 Å². The van der Waals surface area contributed by atoms with Crippen LogP contribution in [0.15, 0.2) is 0 Å². The Balaban J connectivity index is 1.97. The van der Waals surface area contributed by atoms with Crippen molar-refractivity contribution in [3.05, 3.63) is 0 Å². The van der Waals surface area contributed by atoms with Crippen molar-refractivity contribution in [1.29, 1.82) is 0 Å². The molecule has 0 saturated carbocycles. The molecule has 78 valence electrons. The molecule has 1 atom stereocenters. The highest BCUT2D eigenvalue weighted by atomic mass is 79.9. The van der Waals surface area contributed by atoms with E-state index in [4.69, 9.17) is 4.74 Å². The van der Waals surface area contributed by atoms with Crippen LogP contribution in [0.3, 0.4) is 0 Å². The predicted octanol–water partition coefficient (Wildman–Crippen LogP) is 2.13. The number of ether oxygens (including phenoxy) is 1. The molecule has 2 nitrogen and oxygen atoms in total. The van der Waals surface area contributed by atoms with Crippen LogP contribution in [-0.4, -0.2) is 43.6 Å². The van der Waals surface area contributed by atoms with E-state index < -0.39 is 0 Å². The molecule has 0 aromatic carbocycles. The molecule has 1 fully saturated rings. The third-order valence-electron chi connectivity index (χ3n) is 2.66. The number of likely N-dealkylation sites (tertiary alicyclic amines) is 1. The first kappa shape index (κ1) is 11.5. The zero-order valence-electron chi connectivity index (χ0n) is 8.47. The smallest absolute Gasteiger partial charge is 0.0462 e. The van der Waals surface area contributed by atoms with Crippen LogP contribution in [0.4, 0.5) is 0 Å². The number of rotatable bonds is 6. The lowest BCUT2D eigenvalue weighted by Crippen LogP contribution is -2.22. The van der Waals surface area contributed by atoms with E-state index in [9.17, 15) is 0 Å². The summed E-state index contributed by atoms with van der Waals surface area (Å²) in [6, 6.07) is 0. The fraction of sp³-hybridized carbons (Fsp3) is 1.00. The fourth-order valence-corrected chi connectivity index (χ4v) is 2.35. The minimum atomic E-state index is 0.891. The van der Waals surface area contributed by atoms with Gasteiger partial charge in [-0.2, -0.15) is 0 Å². The van der Waals surface area contributed by atoms with Gasteiger partial charge in [-0.3, -0.25) is 0 Å². The molecule has 13 heavy (non-hydrogen) atoms. The highest BCUT2D eigenvalue weighted by Gasteiger charge is 2.20. The van der Waals surface area contributed by atoms with Crippen molar-refractivity contribution in [3.63, 3.8) is 0 Å². The summed E-state index contributed by atoms with van der Waals surface area (Å²) in [4.78, 5) is 2.57. The van der Waals surface area contributed by atoms with Gasteiger partial charge in [0.25, 0.3) is 0 Å². The van der Waals surface area contributed by atoms with Crippen LogP contribution in [0.25, 0.3) is 0 Å². The molecule has 1 rings (SSSR count). The number of methoxy groups -OCH3 is 1. The first-order chi connectivity index (χ1) is 6.36. The zero-order valence-corrected chi connectivity index (χ0v) is 10.1. The third-order valence-corrected chi connectivity index (χ3v) is 3.58. The summed E-state index contributed by atoms with van der Waals surface area (Å²) in [6.45, 7) is 4.75. The van der Waals surface area contributed by atoms with E-state index in [0.717, 1.165) is 12.5 Å². The molecule has 3 heteroatoms. The predicted molar refractivity (Wildman–Crippen MR) is 59.5 cm³/mol. The van der Waals surface area contributed by atoms with Gasteiger partial charge in [-0.15, -0.1) is 0 Å². The molecule has 1 saturated heterocycles. The van der Waals surface area contributed by atoms with E-state index >= 15 is 0 Å². The third kappa shape index (κ3) is 4.43. The Morgan fingerprint density at radius 3 is 2.92 bits per heavy atom. The summed E-state index contributed by atoms with van der Waals surface area (Å²) in [5, 5.41) is 1.17. The van der Waals surface area contributed by atoms with Crippen LogP contribution in [0, 0.1) is 5.92 Å². The van der Waals surface area contributed by atoms with E-state index in [-0.39, 0.29) is 0 Å². The van der Waals surface area contributed by atoms with E-state index in [0.29, 0.717) is 0 Å². The Labute approximate surface area is 89.8 Å². The van der Waals surface area contributed by atoms with Crippen LogP contribution in [0.2, 0.25) is 0 Å². The largest absolute Gasteiger partial charge is 0.385 e. The van der Waals surface area contributed by atoms with Crippen molar-refractivity contribution in [2.24, 2.45) is 5.92 Å². The molecule has 0 aliphatic carbocycles. The summed E-state index contributed by atoms with van der Waals surface area (Å²) < 4.78 is 5.02. The molecule has 1 unspecified atom stereocenters. The summed E-state index contributed by atoms with van der Waals surface area (Å²) >= 11 is 3.55. The summed E-state index contributed by atoms with van der Waals surface area (Å²) in [5.41, 5.74) is 0. The summed E-state index contributed by atoms with van der Waals surface area (Å²) in [5.74, 6) is 0.891. The molecule has 0 amide bonds. The van der Waals surface area contributed by atoms with Gasteiger partial charge >= 0.3 is 0 Å². The van der Waals surface area contributed by atoms with Crippen LogP contribution in [0.5, 0.6) is 0 Å². The van der Waals surface area contributed by atoms with Crippen LogP contribution < -0.4 is 0 Å². The Morgan fingerprint density at radius 1 is 1.46 bits per heavy atom. The molecular weight excluding hydrogens is 230 g/mol. The number of unbranched alkanes of at least 4 members (excludes halogenated alkanes) is 1. The van der Waals surface area contributed by atoms with Crippen molar-refractivity contribution < 1.29 is 4.74 Å². The van der Waals surface area contributed by atoms with Gasteiger partial charge in [0.05, 0.1) is 0 Å². The highest BCUT2D eigenvalue weighted by molar-refractivity contribution is 9.09. The van der Waals surface area contributed by atoms with E-state index in [1.165, 1.54) is 44.2 Å². The lowest BCUT2D eigenvalue weighted by molar-refractivity contribution is 0.187. The normalized spacial score (nSPS) is 24.0. The number of halogens is 1. The van der Waals surface area contributed by atoms with E-state index in [2.05, 4.69) is 20.8 Å². The molecule has 1 aliphatic rings. The lowest BCUT2D eigenvalue weighted by atomic mass is 10.2. The second-order valence-electron chi connectivity index (χ2n) is 3.81. The van der Waals surface area contributed by atoms with Crippen LogP contribution in [0.1, 0.15) is 19.3 Å². The minimum absolute atomic E-state index is 0.891. The Kier molecular flexibility index (Phi) is 6.00. The number of hydrogen-bond donors (Lipinski definition) is 0. The van der Waals surface area contributed by atoms with Gasteiger partial charge in [0, 0.05) is 25.6 Å². The number of alkyl halides is 1. The zero-order chi connectivity index (χ0) is 9.52. The lowest BCUT2D eigenvalue weighted by Gasteiger charge is -2.14. The van der Waals surface area contributed by atoms with Gasteiger partial charge in [-0.05, 0) is 38.3 Å². The quantitative estimate of drug-likeness (QED) is 0.529. The maximum absolute atomic E-state index is 5.02. The molecule has 1 heterocycles. The average molecular weight is 250 g/mol. The van der Waals surface area contributed by atoms with Crippen molar-refractivity contribution >= 4 is 15.9 Å². The Morgan fingerprint density at radius 2 is 2.31 bits per heavy atom. The van der Waals surface area contributed by atoms with Gasteiger partial charge in [0.2, 0.25) is 0 Å². The van der Waals surface area contributed by atoms with Crippen molar-refractivity contribution in [1.82, 2.24) is 4.90 Å². The minimum Gasteiger partial charge on any atom is -0.385 e. The van der Waals surface area contributed by atoms with Gasteiger partial charge < -0.3 is 9.64 Å². The molecule has 0 aromatic heterocycles. The SMILES string of the molecule is COCCCCN1CCC(CBr)C1. The van der Waals surface area contributed by atoms with Gasteiger partial charge in [-0.25, -0.2) is 0 Å². The number of hydrogen-bond acceptors (Lipinski definition) is 2. The van der Waals surface area contributed by atoms with Crippen LogP contribution in [-0.2, 0) is 4.74 Å². The van der Waals surface area contributed by atoms with Gasteiger partial charge in [0.15, 0.2) is 0 Å². The van der Waals surface area contributed by atoms with E-state index in [1.54, 1.807) is 7.11 Å². The van der Waals surface area contributed by atoms with Crippen molar-refractivity contribution in [2.75, 3.05) is 38.7 Å². The molecule has 0 radical (unpaired) electrons. The highest BCUT2D eigenvalue weighted by Crippen LogP contribution is 2.18. The van der Waals surface area contributed by atoms with Crippen LogP contribution >= 0.6 is 15.9 Å². The van der Waals surface area contributed by atoms with E-state index in [1.807, 2.05) is 0 Å². The molecular formula is C10H20BrNO. The Bertz CT molecular complexity index is 132. The Hall–Kier alpha value is 0.400. The first-order valence-electron chi connectivity index (χ1n) is 5.14. The summed E-state index contributed by atoms with van der Waals surface area (Å²) in [7, 11) is 1.77. The fourth-order valence-electron chi connectivity index (χ4n) is 1.82. The van der Waals surface area contributed by atoms with Crippen molar-refractivity contribution in [3.8, 4) is 0 Å². The second kappa shape index (κ2) is 6.80. The molecule has 0 bridgehead atoms. The first-order valence-corrected chi connectivity index (χ1v) is 6.26. The van der Waals surface area contributed by atoms with Gasteiger partial charge in [-0.1, -0.05) is 15.9 Å².